The largest absolute Gasteiger partial charge is 0.444 e. The summed E-state index contributed by atoms with van der Waals surface area (Å²) in [6.45, 7) is 13.4. The van der Waals surface area contributed by atoms with Crippen LogP contribution in [-0.2, 0) is 9.47 Å². The van der Waals surface area contributed by atoms with Gasteiger partial charge < -0.3 is 41.4 Å². The van der Waals surface area contributed by atoms with Gasteiger partial charge in [0.25, 0.3) is 11.8 Å². The summed E-state index contributed by atoms with van der Waals surface area (Å²) in [6, 6.07) is 0.0901. The zero-order valence-electron chi connectivity index (χ0n) is 26.0. The van der Waals surface area contributed by atoms with E-state index in [4.69, 9.17) is 9.47 Å². The highest BCUT2D eigenvalue weighted by Gasteiger charge is 2.25. The maximum atomic E-state index is 13.2. The predicted molar refractivity (Wildman–Crippen MR) is 160 cm³/mol. The summed E-state index contributed by atoms with van der Waals surface area (Å²) in [5.41, 5.74) is -1.20. The van der Waals surface area contributed by atoms with Gasteiger partial charge in [0.1, 0.15) is 11.2 Å². The van der Waals surface area contributed by atoms with E-state index in [2.05, 4.69) is 41.9 Å². The van der Waals surface area contributed by atoms with Crippen molar-refractivity contribution in [3.05, 3.63) is 11.4 Å². The van der Waals surface area contributed by atoms with Crippen molar-refractivity contribution in [3.63, 3.8) is 0 Å². The minimum atomic E-state index is -0.631. The smallest absolute Gasteiger partial charge is 0.407 e. The van der Waals surface area contributed by atoms with E-state index in [9.17, 15) is 19.2 Å². The van der Waals surface area contributed by atoms with E-state index in [1.54, 1.807) is 41.5 Å². The number of aromatic nitrogens is 2. The molecule has 6 N–H and O–H groups in total. The van der Waals surface area contributed by atoms with Gasteiger partial charge in [-0.3, -0.25) is 9.59 Å². The molecule has 1 aromatic heterocycles. The van der Waals surface area contributed by atoms with E-state index < -0.39 is 35.2 Å². The van der Waals surface area contributed by atoms with Gasteiger partial charge in [0, 0.05) is 38.8 Å². The van der Waals surface area contributed by atoms with Crippen molar-refractivity contribution < 1.29 is 28.7 Å². The number of nitrogens with one attached hydrogen (secondary N) is 6. The molecule has 2 rings (SSSR count). The van der Waals surface area contributed by atoms with Crippen molar-refractivity contribution in [2.24, 2.45) is 0 Å². The van der Waals surface area contributed by atoms with Crippen LogP contribution >= 0.6 is 0 Å². The number of amides is 4. The lowest BCUT2D eigenvalue weighted by molar-refractivity contribution is 0.0516. The van der Waals surface area contributed by atoms with Gasteiger partial charge in [0.2, 0.25) is 0 Å². The molecule has 0 atom stereocenters. The Morgan fingerprint density at radius 1 is 0.690 bits per heavy atom. The second-order valence-corrected chi connectivity index (χ2v) is 12.0. The van der Waals surface area contributed by atoms with Gasteiger partial charge >= 0.3 is 12.2 Å². The Hall–Kier alpha value is -3.84. The van der Waals surface area contributed by atoms with Crippen LogP contribution in [0, 0.1) is 0 Å². The molecule has 1 aromatic rings. The third-order valence-electron chi connectivity index (χ3n) is 5.77. The second-order valence-electron chi connectivity index (χ2n) is 12.0. The molecule has 1 aliphatic rings. The number of hydrogen-bond donors (Lipinski definition) is 6. The van der Waals surface area contributed by atoms with Gasteiger partial charge in [-0.15, -0.1) is 0 Å². The summed E-state index contributed by atoms with van der Waals surface area (Å²) in [7, 11) is 0. The van der Waals surface area contributed by atoms with Crippen LogP contribution in [0.2, 0.25) is 0 Å². The van der Waals surface area contributed by atoms with Gasteiger partial charge in [-0.2, -0.15) is 0 Å². The highest BCUT2D eigenvalue weighted by molar-refractivity contribution is 6.01. The molecule has 1 saturated carbocycles. The quantitative estimate of drug-likeness (QED) is 0.197. The molecule has 4 amide bonds. The SMILES string of the molecule is CCNc1nc(C(=O)NCCNC(=O)OC(C)(C)C)c(NC2CCCCC2)nc1C(=O)NCCNC(=O)OC(C)(C)C. The number of nitrogens with zero attached hydrogens (tertiary/aromatic N) is 2. The maximum Gasteiger partial charge on any atom is 0.407 e. The van der Waals surface area contributed by atoms with Crippen LogP contribution in [0.3, 0.4) is 0 Å². The van der Waals surface area contributed by atoms with Gasteiger partial charge in [-0.25, -0.2) is 19.6 Å². The number of hydrogen-bond acceptors (Lipinski definition) is 10. The maximum absolute atomic E-state index is 13.2. The van der Waals surface area contributed by atoms with Crippen molar-refractivity contribution in [2.45, 2.75) is 97.8 Å². The van der Waals surface area contributed by atoms with Crippen molar-refractivity contribution >= 4 is 35.6 Å². The first kappa shape index (κ1) is 34.4. The minimum absolute atomic E-state index is 0.0237. The van der Waals surface area contributed by atoms with Gasteiger partial charge in [-0.1, -0.05) is 19.3 Å². The van der Waals surface area contributed by atoms with Crippen molar-refractivity contribution in [1.82, 2.24) is 31.2 Å². The lowest BCUT2D eigenvalue weighted by atomic mass is 9.95. The molecule has 236 valence electrons. The number of anilines is 2. The molecule has 42 heavy (non-hydrogen) atoms. The Morgan fingerprint density at radius 3 is 1.57 bits per heavy atom. The first-order valence-corrected chi connectivity index (χ1v) is 14.6. The van der Waals surface area contributed by atoms with Crippen LogP contribution in [-0.4, -0.2) is 83.9 Å². The number of carbonyl (C=O) groups is 4. The number of ether oxygens (including phenoxy) is 2. The van der Waals surface area contributed by atoms with E-state index in [1.165, 1.54) is 0 Å². The molecule has 0 bridgehead atoms. The Labute approximate surface area is 248 Å². The highest BCUT2D eigenvalue weighted by atomic mass is 16.6. The number of carbonyl (C=O) groups excluding carboxylic acids is 4. The summed E-state index contributed by atoms with van der Waals surface area (Å²) < 4.78 is 10.4. The summed E-state index contributed by atoms with van der Waals surface area (Å²) in [4.78, 5) is 59.2. The number of alkyl carbamates (subject to hydrolysis) is 2. The van der Waals surface area contributed by atoms with E-state index in [0.717, 1.165) is 32.1 Å². The minimum Gasteiger partial charge on any atom is -0.444 e. The molecular weight excluding hydrogens is 544 g/mol. The molecule has 14 nitrogen and oxygen atoms in total. The van der Waals surface area contributed by atoms with Crippen LogP contribution in [0.5, 0.6) is 0 Å². The van der Waals surface area contributed by atoms with Gasteiger partial charge in [-0.05, 0) is 61.3 Å². The average Bonchev–Trinajstić information content (AvgIpc) is 2.88. The molecule has 0 saturated heterocycles. The topological polar surface area (TPSA) is 185 Å². The first-order valence-electron chi connectivity index (χ1n) is 14.6. The fourth-order valence-corrected chi connectivity index (χ4v) is 4.06. The molecule has 0 unspecified atom stereocenters. The van der Waals surface area contributed by atoms with Crippen molar-refractivity contribution in [1.29, 1.82) is 0 Å². The summed E-state index contributed by atoms with van der Waals surface area (Å²) >= 11 is 0. The molecule has 1 fully saturated rings. The third-order valence-corrected chi connectivity index (χ3v) is 5.77. The van der Waals surface area contributed by atoms with E-state index in [-0.39, 0.29) is 55.2 Å². The lowest BCUT2D eigenvalue weighted by Gasteiger charge is -2.25. The van der Waals surface area contributed by atoms with Crippen LogP contribution in [0.4, 0.5) is 21.2 Å². The lowest BCUT2D eigenvalue weighted by Crippen LogP contribution is -2.39. The van der Waals surface area contributed by atoms with Crippen molar-refractivity contribution in [2.75, 3.05) is 43.4 Å². The Morgan fingerprint density at radius 2 is 1.12 bits per heavy atom. The Balaban J connectivity index is 2.15. The van der Waals surface area contributed by atoms with Gasteiger partial charge in [0.05, 0.1) is 0 Å². The molecule has 1 aliphatic carbocycles. The van der Waals surface area contributed by atoms with Crippen LogP contribution in [0.15, 0.2) is 0 Å². The molecule has 0 spiro atoms. The van der Waals surface area contributed by atoms with E-state index in [0.29, 0.717) is 6.54 Å². The zero-order chi connectivity index (χ0) is 31.3. The summed E-state index contributed by atoms with van der Waals surface area (Å²) in [6.07, 6.45) is 3.91. The fourth-order valence-electron chi connectivity index (χ4n) is 4.06. The molecule has 0 radical (unpaired) electrons. The molecule has 1 heterocycles. The number of rotatable bonds is 12. The first-order chi connectivity index (χ1) is 19.7. The monoisotopic (exact) mass is 592 g/mol. The highest BCUT2D eigenvalue weighted by Crippen LogP contribution is 2.24. The van der Waals surface area contributed by atoms with Crippen LogP contribution < -0.4 is 31.9 Å². The summed E-state index contributed by atoms with van der Waals surface area (Å²) in [5, 5.41) is 17.0. The molecule has 14 heteroatoms. The zero-order valence-corrected chi connectivity index (χ0v) is 26.0. The predicted octanol–water partition coefficient (Wildman–Crippen LogP) is 3.16. The Kier molecular flexibility index (Phi) is 13.1. The molecule has 0 aromatic carbocycles. The average molecular weight is 593 g/mol. The molecular formula is C28H48N8O6. The standard InChI is InChI=1S/C28H48N8O6/c1-8-29-21-19(23(37)30-14-16-32-25(39)41-27(2,3)4)36-22(34-18-12-10-9-11-13-18)20(35-21)24(38)31-15-17-33-26(40)42-28(5,6)7/h18H,8-17H2,1-7H3,(H,29,35)(H,30,37)(H,31,38)(H,32,39)(H,33,40)(H,34,36). The van der Waals surface area contributed by atoms with Crippen LogP contribution in [0.25, 0.3) is 0 Å². The molecule has 0 aliphatic heterocycles. The van der Waals surface area contributed by atoms with Crippen LogP contribution in [0.1, 0.15) is 102 Å². The Bertz CT molecular complexity index is 1080. The van der Waals surface area contributed by atoms with Gasteiger partial charge in [0.15, 0.2) is 23.0 Å². The van der Waals surface area contributed by atoms with E-state index >= 15 is 0 Å². The fraction of sp³-hybridized carbons (Fsp3) is 0.714. The summed E-state index contributed by atoms with van der Waals surface area (Å²) in [5.74, 6) is -0.649. The normalized spacial score (nSPS) is 13.9. The third kappa shape index (κ3) is 12.8. The van der Waals surface area contributed by atoms with E-state index in [1.807, 2.05) is 6.92 Å². The van der Waals surface area contributed by atoms with Crippen molar-refractivity contribution in [3.8, 4) is 0 Å². The second kappa shape index (κ2) is 16.0.